The van der Waals surface area contributed by atoms with Crippen LogP contribution in [0.2, 0.25) is 0 Å². The highest BCUT2D eigenvalue weighted by atomic mass is 32.2. The first-order chi connectivity index (χ1) is 14.6. The molecule has 3 atom stereocenters. The summed E-state index contributed by atoms with van der Waals surface area (Å²) in [6.07, 6.45) is 0.977. The molecule has 0 radical (unpaired) electrons. The fourth-order valence-corrected chi connectivity index (χ4v) is 5.16. The molecule has 1 fully saturated rings. The van der Waals surface area contributed by atoms with Crippen LogP contribution >= 0.6 is 9.24 Å². The molecule has 3 unspecified atom stereocenters. The van der Waals surface area contributed by atoms with Crippen molar-refractivity contribution in [1.29, 1.82) is 0 Å². The van der Waals surface area contributed by atoms with Gasteiger partial charge in [-0.2, -0.15) is 8.78 Å². The van der Waals surface area contributed by atoms with E-state index in [1.807, 2.05) is 0 Å². The molecule has 12 heteroatoms. The van der Waals surface area contributed by atoms with Crippen molar-refractivity contribution in [2.24, 2.45) is 7.05 Å². The average Bonchev–Trinajstić information content (AvgIpc) is 3.47. The predicted octanol–water partition coefficient (Wildman–Crippen LogP) is 5.09. The molecular formula is C20H25F5N3O2PS. The molecule has 0 aliphatic heterocycles. The van der Waals surface area contributed by atoms with Crippen LogP contribution in [0.15, 0.2) is 23.4 Å². The van der Waals surface area contributed by atoms with Gasteiger partial charge in [0.1, 0.15) is 11.4 Å². The van der Waals surface area contributed by atoms with Gasteiger partial charge < -0.3 is 4.57 Å². The number of imidazole rings is 1. The summed E-state index contributed by atoms with van der Waals surface area (Å²) in [4.78, 5) is 8.02. The summed E-state index contributed by atoms with van der Waals surface area (Å²) in [6.45, 7) is 2.50. The maximum Gasteiger partial charge on any atom is 0.298 e. The number of sulfone groups is 1. The van der Waals surface area contributed by atoms with Crippen molar-refractivity contribution in [3.05, 3.63) is 29.7 Å². The maximum absolute atomic E-state index is 15.3. The van der Waals surface area contributed by atoms with E-state index in [2.05, 4.69) is 9.97 Å². The molecule has 2 heterocycles. The Hall–Kier alpha value is -1.61. The van der Waals surface area contributed by atoms with E-state index in [0.717, 1.165) is 38.4 Å². The first-order valence-electron chi connectivity index (χ1n) is 9.99. The fraction of sp³-hybridized carbons (Fsp3) is 0.600. The monoisotopic (exact) mass is 497 g/mol. The predicted molar refractivity (Wildman–Crippen MR) is 114 cm³/mol. The molecule has 0 saturated heterocycles. The van der Waals surface area contributed by atoms with Crippen molar-refractivity contribution in [2.45, 2.75) is 67.6 Å². The molecule has 2 aromatic heterocycles. The number of nitrogens with zero attached hydrogens (tertiary/aromatic N) is 3. The molecule has 1 aliphatic rings. The van der Waals surface area contributed by atoms with Gasteiger partial charge in [0.2, 0.25) is 5.67 Å². The zero-order chi connectivity index (χ0) is 24.3. The molecule has 1 saturated carbocycles. The van der Waals surface area contributed by atoms with Crippen LogP contribution in [-0.2, 0) is 16.9 Å². The minimum Gasteiger partial charge on any atom is -0.327 e. The van der Waals surface area contributed by atoms with Crippen molar-refractivity contribution in [3.8, 4) is 11.5 Å². The lowest BCUT2D eigenvalue weighted by Crippen LogP contribution is -2.57. The van der Waals surface area contributed by atoms with Gasteiger partial charge in [0.15, 0.2) is 21.8 Å². The quantitative estimate of drug-likeness (QED) is 0.377. The highest BCUT2D eigenvalue weighted by Gasteiger charge is 2.68. The Kier molecular flexibility index (Phi) is 6.26. The first kappa shape index (κ1) is 25.0. The lowest BCUT2D eigenvalue weighted by Gasteiger charge is -2.40. The summed E-state index contributed by atoms with van der Waals surface area (Å²) in [5.74, 6) is -0.192. The van der Waals surface area contributed by atoms with E-state index in [9.17, 15) is 21.6 Å². The Morgan fingerprint density at radius 1 is 1.19 bits per heavy atom. The smallest absolute Gasteiger partial charge is 0.298 e. The van der Waals surface area contributed by atoms with E-state index >= 15 is 8.78 Å². The van der Waals surface area contributed by atoms with E-state index in [-0.39, 0.29) is 28.1 Å². The normalized spacial score (nSPS) is 18.4. The van der Waals surface area contributed by atoms with Crippen LogP contribution in [0.4, 0.5) is 22.0 Å². The number of halogens is 5. The Bertz CT molecular complexity index is 1110. The summed E-state index contributed by atoms with van der Waals surface area (Å²) in [5.41, 5.74) is -12.0. The third kappa shape index (κ3) is 4.06. The molecule has 5 nitrogen and oxygen atoms in total. The molecule has 1 aliphatic carbocycles. The van der Waals surface area contributed by atoms with Crippen molar-refractivity contribution in [3.63, 3.8) is 0 Å². The van der Waals surface area contributed by atoms with Gasteiger partial charge in [0.25, 0.3) is 5.66 Å². The highest BCUT2D eigenvalue weighted by Crippen LogP contribution is 2.55. The summed E-state index contributed by atoms with van der Waals surface area (Å²) < 4.78 is 99.4. The summed E-state index contributed by atoms with van der Waals surface area (Å²) in [6, 6.07) is 1.49. The second-order valence-electron chi connectivity index (χ2n) is 8.53. The molecule has 32 heavy (non-hydrogen) atoms. The Balaban J connectivity index is 2.16. The zero-order valence-electron chi connectivity index (χ0n) is 18.0. The maximum atomic E-state index is 15.3. The van der Waals surface area contributed by atoms with Gasteiger partial charge in [-0.1, -0.05) is 16.2 Å². The van der Waals surface area contributed by atoms with Crippen LogP contribution < -0.4 is 0 Å². The van der Waals surface area contributed by atoms with Crippen LogP contribution in [0.25, 0.3) is 11.5 Å². The first-order valence-corrected chi connectivity index (χ1v) is 12.2. The molecule has 2 aromatic rings. The van der Waals surface area contributed by atoms with Gasteiger partial charge in [-0.05, 0) is 44.2 Å². The lowest BCUT2D eigenvalue weighted by molar-refractivity contribution is -0.180. The number of hydrogen-bond acceptors (Lipinski definition) is 4. The van der Waals surface area contributed by atoms with Crippen molar-refractivity contribution >= 4 is 19.1 Å². The second kappa shape index (κ2) is 8.01. The van der Waals surface area contributed by atoms with Gasteiger partial charge in [-0.25, -0.2) is 26.6 Å². The van der Waals surface area contributed by atoms with Crippen LogP contribution in [0.1, 0.15) is 57.0 Å². The summed E-state index contributed by atoms with van der Waals surface area (Å²) >= 11 is 0. The van der Waals surface area contributed by atoms with E-state index in [4.69, 9.17) is 0 Å². The Labute approximate surface area is 186 Å². The average molecular weight is 497 g/mol. The number of alkyl halides is 5. The standard InChI is InChI=1S/C20H25F5N3O2PS/c1-5-32(29,30)14-8-12(11-6-7-11)9-26-15(14)17-27-10-13(28(17)4)16(21)19(23,18(2,3)22)20(24,25)31/h8-11,16H,5-7,31H2,1-4H3. The summed E-state index contributed by atoms with van der Waals surface area (Å²) in [7, 11) is -1.72. The largest absolute Gasteiger partial charge is 0.327 e. The van der Waals surface area contributed by atoms with E-state index < -0.39 is 38.7 Å². The molecular weight excluding hydrogens is 472 g/mol. The minimum absolute atomic E-state index is 0.112. The molecule has 0 amide bonds. The third-order valence-corrected chi connectivity index (χ3v) is 7.99. The van der Waals surface area contributed by atoms with Crippen LogP contribution in [-0.4, -0.2) is 45.7 Å². The lowest BCUT2D eigenvalue weighted by atomic mass is 9.83. The Morgan fingerprint density at radius 3 is 2.25 bits per heavy atom. The minimum atomic E-state index is -4.45. The number of aromatic nitrogens is 3. The molecule has 0 aromatic carbocycles. The SMILES string of the molecule is CCS(=O)(=O)c1cc(C2CC2)cnc1-c1ncc(C(F)C(F)(C(C)(C)F)C(F)(F)P)n1C. The van der Waals surface area contributed by atoms with E-state index in [1.54, 1.807) is 0 Å². The van der Waals surface area contributed by atoms with Crippen molar-refractivity contribution in [2.75, 3.05) is 5.75 Å². The van der Waals surface area contributed by atoms with Crippen molar-refractivity contribution < 1.29 is 30.4 Å². The molecule has 0 bridgehead atoms. The molecule has 178 valence electrons. The van der Waals surface area contributed by atoms with Crippen LogP contribution in [0.3, 0.4) is 0 Å². The second-order valence-corrected chi connectivity index (χ2v) is 11.5. The van der Waals surface area contributed by atoms with Crippen LogP contribution in [0.5, 0.6) is 0 Å². The van der Waals surface area contributed by atoms with Gasteiger partial charge in [-0.3, -0.25) is 4.98 Å². The summed E-state index contributed by atoms with van der Waals surface area (Å²) in [5, 5.41) is 0. The molecule has 0 spiro atoms. The number of rotatable bonds is 8. The van der Waals surface area contributed by atoms with Crippen molar-refractivity contribution in [1.82, 2.24) is 14.5 Å². The topological polar surface area (TPSA) is 64.8 Å². The fourth-order valence-electron chi connectivity index (χ4n) is 3.61. The molecule has 0 N–H and O–H groups in total. The van der Waals surface area contributed by atoms with Gasteiger partial charge in [0, 0.05) is 13.2 Å². The number of pyridine rings is 1. The number of hydrogen-bond donors (Lipinski definition) is 0. The molecule has 3 rings (SSSR count). The van der Waals surface area contributed by atoms with E-state index in [0.29, 0.717) is 13.8 Å². The Morgan fingerprint density at radius 2 is 1.78 bits per heavy atom. The van der Waals surface area contributed by atoms with Gasteiger partial charge in [0.05, 0.1) is 22.5 Å². The zero-order valence-corrected chi connectivity index (χ0v) is 20.0. The third-order valence-electron chi connectivity index (χ3n) is 5.83. The van der Waals surface area contributed by atoms with E-state index in [1.165, 1.54) is 26.2 Å². The van der Waals surface area contributed by atoms with Crippen LogP contribution in [0, 0.1) is 0 Å². The van der Waals surface area contributed by atoms with Gasteiger partial charge in [-0.15, -0.1) is 0 Å². The highest BCUT2D eigenvalue weighted by molar-refractivity contribution is 7.91. The van der Waals surface area contributed by atoms with Gasteiger partial charge >= 0.3 is 0 Å².